The number of ether oxygens (including phenoxy) is 2. The number of carbonyl (C=O) groups excluding carboxylic acids is 1. The predicted molar refractivity (Wildman–Crippen MR) is 208 cm³/mol. The molecule has 0 saturated heterocycles. The maximum Gasteiger partial charge on any atom is 0.269 e. The summed E-state index contributed by atoms with van der Waals surface area (Å²) in [6, 6.07) is 18.8. The molecule has 6 unspecified atom stereocenters. The highest BCUT2D eigenvalue weighted by Crippen LogP contribution is 2.61. The first-order chi connectivity index (χ1) is 27.1. The number of aromatic hydroxyl groups is 1. The predicted octanol–water partition coefficient (Wildman–Crippen LogP) is 6.78. The number of carbonyl (C=O) groups is 1. The number of phenolic OH excluding ortho intramolecular Hbond substituents is 1. The lowest BCUT2D eigenvalue weighted by Gasteiger charge is -2.59. The molecule has 3 aromatic rings. The smallest absolute Gasteiger partial charge is 0.269 e. The summed E-state index contributed by atoms with van der Waals surface area (Å²) in [7, 11) is 1.69. The molecule has 0 bridgehead atoms. The number of nitro benzene ring substituents is 1. The molecular weight excluding hydrogens is 716 g/mol. The largest absolute Gasteiger partial charge is 0.508 e. The van der Waals surface area contributed by atoms with Crippen molar-refractivity contribution in [3.8, 4) is 17.6 Å². The van der Waals surface area contributed by atoms with Crippen LogP contribution in [0.15, 0.2) is 96.2 Å². The zero-order valence-electron chi connectivity index (χ0n) is 31.5. The van der Waals surface area contributed by atoms with E-state index in [4.69, 9.17) is 19.5 Å². The first-order valence-electron chi connectivity index (χ1n) is 19.1. The van der Waals surface area contributed by atoms with Gasteiger partial charge >= 0.3 is 0 Å². The van der Waals surface area contributed by atoms with Crippen LogP contribution in [-0.4, -0.2) is 75.5 Å². The minimum absolute atomic E-state index is 0.00860. The van der Waals surface area contributed by atoms with Crippen LogP contribution in [0.1, 0.15) is 77.9 Å². The number of oxime groups is 1. The van der Waals surface area contributed by atoms with Crippen molar-refractivity contribution in [2.24, 2.45) is 22.9 Å². The van der Waals surface area contributed by atoms with Gasteiger partial charge in [-0.15, -0.1) is 6.58 Å². The van der Waals surface area contributed by atoms with Gasteiger partial charge < -0.3 is 34.5 Å². The van der Waals surface area contributed by atoms with Gasteiger partial charge in [0, 0.05) is 55.9 Å². The SMILES string of the molecule is C=CCOC12Oc3ccc(O)cc3C3C(CCCCO)C(CCCCO)C=C(C(=NOCc4ccc([N+](=O)[O-])cc4)CC1N(C)C(=O)c1ccc(C#N)cc1)C32. The molecule has 1 amide bonds. The summed E-state index contributed by atoms with van der Waals surface area (Å²) in [5.74, 6) is -2.04. The Morgan fingerprint density at radius 3 is 2.46 bits per heavy atom. The van der Waals surface area contributed by atoms with Gasteiger partial charge in [0.2, 0.25) is 5.79 Å². The molecule has 1 saturated carbocycles. The number of nitro groups is 1. The topological polar surface area (TPSA) is 188 Å². The number of nitrogens with zero attached hydrogens (tertiary/aromatic N) is 4. The lowest BCUT2D eigenvalue weighted by molar-refractivity contribution is -0.384. The van der Waals surface area contributed by atoms with Crippen molar-refractivity contribution in [3.05, 3.63) is 123 Å². The third-order valence-electron chi connectivity index (χ3n) is 11.3. The van der Waals surface area contributed by atoms with Gasteiger partial charge in [0.15, 0.2) is 0 Å². The molecule has 1 aliphatic heterocycles. The summed E-state index contributed by atoms with van der Waals surface area (Å²) in [6.07, 6.45) is 8.30. The summed E-state index contributed by atoms with van der Waals surface area (Å²) >= 11 is 0. The maximum atomic E-state index is 14.4. The Morgan fingerprint density at radius 1 is 1.09 bits per heavy atom. The normalized spacial score (nSPS) is 24.1. The average Bonchev–Trinajstić information content (AvgIpc) is 3.21. The van der Waals surface area contributed by atoms with E-state index in [1.165, 1.54) is 12.1 Å². The van der Waals surface area contributed by atoms with E-state index in [2.05, 4.69) is 18.7 Å². The fourth-order valence-electron chi connectivity index (χ4n) is 8.67. The third kappa shape index (κ3) is 8.18. The molecule has 3 aliphatic rings. The fraction of sp³-hybridized carbons (Fsp3) is 0.419. The quantitative estimate of drug-likeness (QED) is 0.0572. The minimum atomic E-state index is -1.46. The van der Waals surface area contributed by atoms with Crippen LogP contribution in [0.3, 0.4) is 0 Å². The van der Waals surface area contributed by atoms with Crippen LogP contribution in [0.5, 0.6) is 11.5 Å². The Balaban J connectivity index is 1.52. The van der Waals surface area contributed by atoms with E-state index >= 15 is 0 Å². The molecule has 294 valence electrons. The van der Waals surface area contributed by atoms with Crippen LogP contribution in [0.25, 0.3) is 0 Å². The number of unbranched alkanes of at least 4 members (excludes halogenated alkanes) is 2. The monoisotopic (exact) mass is 764 g/mol. The molecular formula is C43H48N4O9. The molecule has 3 N–H and O–H groups in total. The molecule has 0 aromatic heterocycles. The van der Waals surface area contributed by atoms with Gasteiger partial charge in [0.25, 0.3) is 11.6 Å². The molecule has 13 nitrogen and oxygen atoms in total. The lowest BCUT2D eigenvalue weighted by Crippen LogP contribution is -2.69. The van der Waals surface area contributed by atoms with Gasteiger partial charge in [-0.25, -0.2) is 0 Å². The molecule has 6 rings (SSSR count). The van der Waals surface area contributed by atoms with Crippen molar-refractivity contribution >= 4 is 17.3 Å². The van der Waals surface area contributed by atoms with E-state index in [9.17, 15) is 35.5 Å². The van der Waals surface area contributed by atoms with E-state index < -0.39 is 22.7 Å². The van der Waals surface area contributed by atoms with Gasteiger partial charge in [-0.2, -0.15) is 5.26 Å². The van der Waals surface area contributed by atoms with Crippen molar-refractivity contribution in [1.82, 2.24) is 4.90 Å². The third-order valence-corrected chi connectivity index (χ3v) is 11.3. The molecule has 2 aliphatic carbocycles. The van der Waals surface area contributed by atoms with Gasteiger partial charge in [0.05, 0.1) is 34.8 Å². The number of aliphatic hydroxyl groups excluding tert-OH is 2. The number of likely N-dealkylation sites (N-methyl/N-ethyl adjacent to an activating group) is 1. The molecule has 13 heteroatoms. The number of aliphatic hydroxyl groups is 2. The minimum Gasteiger partial charge on any atom is -0.508 e. The second kappa shape index (κ2) is 17.9. The summed E-state index contributed by atoms with van der Waals surface area (Å²) < 4.78 is 13.9. The molecule has 56 heavy (non-hydrogen) atoms. The second-order valence-electron chi connectivity index (χ2n) is 14.6. The number of hydrogen-bond donors (Lipinski definition) is 3. The summed E-state index contributed by atoms with van der Waals surface area (Å²) in [6.45, 7) is 4.18. The fourth-order valence-corrected chi connectivity index (χ4v) is 8.67. The van der Waals surface area contributed by atoms with Crippen LogP contribution < -0.4 is 4.74 Å². The number of hydrogen-bond acceptors (Lipinski definition) is 11. The van der Waals surface area contributed by atoms with Gasteiger partial charge in [-0.1, -0.05) is 30.1 Å². The number of phenols is 1. The highest BCUT2D eigenvalue weighted by Gasteiger charge is 2.65. The van der Waals surface area contributed by atoms with Crippen molar-refractivity contribution < 1.29 is 39.3 Å². The Bertz CT molecular complexity index is 1990. The maximum absolute atomic E-state index is 14.4. The highest BCUT2D eigenvalue weighted by molar-refractivity contribution is 6.03. The van der Waals surface area contributed by atoms with E-state index in [1.807, 2.05) is 0 Å². The van der Waals surface area contributed by atoms with Crippen molar-refractivity contribution in [2.75, 3.05) is 26.9 Å². The summed E-state index contributed by atoms with van der Waals surface area (Å²) in [5.41, 5.74) is 3.64. The number of allylic oxidation sites excluding steroid dienone is 1. The molecule has 0 spiro atoms. The van der Waals surface area contributed by atoms with Crippen LogP contribution in [0.4, 0.5) is 5.69 Å². The molecule has 1 heterocycles. The van der Waals surface area contributed by atoms with Crippen molar-refractivity contribution in [3.63, 3.8) is 0 Å². The van der Waals surface area contributed by atoms with Gasteiger partial charge in [-0.3, -0.25) is 14.9 Å². The van der Waals surface area contributed by atoms with Crippen LogP contribution in [-0.2, 0) is 16.2 Å². The standard InChI is InChI=1S/C43H48N4O9/c1-3-22-54-43-39(46(2)42(51)30-14-10-28(26-44)11-15-30)25-37(45-55-27-29-12-16-32(17-13-29)47(52)53)35-23-31(8-4-6-20-48)34(9-5-7-21-49)40(41(35)43)36-24-33(50)18-19-38(36)56-43/h3,10-19,23-24,31,34,39-41,48-50H,1,4-9,20-22,25,27H2,2H3. The molecule has 1 fully saturated rings. The van der Waals surface area contributed by atoms with Crippen LogP contribution in [0, 0.1) is 39.2 Å². The summed E-state index contributed by atoms with van der Waals surface area (Å²) in [5, 5.41) is 55.8. The lowest BCUT2D eigenvalue weighted by atomic mass is 9.55. The first-order valence-corrected chi connectivity index (χ1v) is 19.1. The highest BCUT2D eigenvalue weighted by atomic mass is 16.7. The van der Waals surface area contributed by atoms with Gasteiger partial charge in [0.1, 0.15) is 24.1 Å². The van der Waals surface area contributed by atoms with Crippen LogP contribution in [0.2, 0.25) is 0 Å². The Kier molecular flexibility index (Phi) is 12.9. The zero-order chi connectivity index (χ0) is 39.8. The Hall–Kier alpha value is -5.55. The summed E-state index contributed by atoms with van der Waals surface area (Å²) in [4.78, 5) is 32.8. The van der Waals surface area contributed by atoms with Crippen LogP contribution >= 0.6 is 0 Å². The zero-order valence-corrected chi connectivity index (χ0v) is 31.5. The average molecular weight is 765 g/mol. The number of non-ortho nitro benzene ring substituents is 1. The van der Waals surface area contributed by atoms with E-state index in [0.29, 0.717) is 41.0 Å². The Labute approximate surface area is 326 Å². The van der Waals surface area contributed by atoms with Crippen molar-refractivity contribution in [1.29, 1.82) is 5.26 Å². The number of rotatable bonds is 17. The number of benzene rings is 3. The van der Waals surface area contributed by atoms with Crippen molar-refractivity contribution in [2.45, 2.75) is 69.3 Å². The number of nitriles is 1. The van der Waals surface area contributed by atoms with E-state index in [0.717, 1.165) is 36.8 Å². The number of amides is 1. The second-order valence-corrected chi connectivity index (χ2v) is 14.6. The molecule has 6 atom stereocenters. The number of fused-ring (bicyclic) bond motifs is 2. The molecule has 3 aromatic carbocycles. The first kappa shape index (κ1) is 40.1. The Morgan fingerprint density at radius 2 is 1.80 bits per heavy atom. The molecule has 0 radical (unpaired) electrons. The van der Waals surface area contributed by atoms with E-state index in [1.54, 1.807) is 72.6 Å². The van der Waals surface area contributed by atoms with E-state index in [-0.39, 0.29) is 67.9 Å². The van der Waals surface area contributed by atoms with Gasteiger partial charge in [-0.05, 0) is 103 Å².